The minimum absolute atomic E-state index is 0.138. The van der Waals surface area contributed by atoms with Crippen molar-refractivity contribution >= 4 is 27.3 Å². The molecule has 0 unspecified atom stereocenters. The molecule has 0 atom stereocenters. The van der Waals surface area contributed by atoms with E-state index in [0.29, 0.717) is 5.69 Å². The van der Waals surface area contributed by atoms with E-state index in [4.69, 9.17) is 0 Å². The van der Waals surface area contributed by atoms with Crippen molar-refractivity contribution in [2.45, 2.75) is 59.9 Å². The van der Waals surface area contributed by atoms with Crippen molar-refractivity contribution in [3.05, 3.63) is 32.3 Å². The summed E-state index contributed by atoms with van der Waals surface area (Å²) in [7, 11) is 0. The van der Waals surface area contributed by atoms with E-state index >= 15 is 0 Å². The van der Waals surface area contributed by atoms with Gasteiger partial charge in [-0.25, -0.2) is 0 Å². The fraction of sp³-hybridized carbons (Fsp3) is 0.647. The second kappa shape index (κ2) is 5.84. The molecule has 1 aromatic carbocycles. The number of aryl methyl sites for hydroxylation is 1. The van der Waals surface area contributed by atoms with Crippen molar-refractivity contribution in [2.75, 3.05) is 5.32 Å². The molecule has 0 radical (unpaired) electrons. The van der Waals surface area contributed by atoms with E-state index in [-0.39, 0.29) is 27.5 Å². The maximum absolute atomic E-state index is 11.3. The highest BCUT2D eigenvalue weighted by Gasteiger charge is 2.38. The molecule has 4 nitrogen and oxygen atoms in total. The third-order valence-electron chi connectivity index (χ3n) is 4.39. The highest BCUT2D eigenvalue weighted by molar-refractivity contribution is 9.10. The molecule has 1 fully saturated rings. The first kappa shape index (κ1) is 17.3. The predicted octanol–water partition coefficient (Wildman–Crippen LogP) is 5.68. The molecular formula is C17H25BrN2O2. The van der Waals surface area contributed by atoms with E-state index in [1.807, 2.05) is 13.0 Å². The summed E-state index contributed by atoms with van der Waals surface area (Å²) in [6, 6.07) is 3.73. The van der Waals surface area contributed by atoms with E-state index < -0.39 is 0 Å². The van der Waals surface area contributed by atoms with E-state index in [1.165, 1.54) is 6.42 Å². The number of nitro benzene ring substituents is 1. The van der Waals surface area contributed by atoms with Crippen LogP contribution in [0.4, 0.5) is 11.4 Å². The summed E-state index contributed by atoms with van der Waals surface area (Å²) in [5, 5.41) is 14.8. The number of benzene rings is 1. The molecule has 1 aliphatic rings. The van der Waals surface area contributed by atoms with Crippen LogP contribution >= 0.6 is 15.9 Å². The first-order chi connectivity index (χ1) is 9.99. The van der Waals surface area contributed by atoms with Gasteiger partial charge in [-0.05, 0) is 48.6 Å². The minimum atomic E-state index is -0.314. The van der Waals surface area contributed by atoms with Crippen LogP contribution in [0, 0.1) is 27.9 Å². The van der Waals surface area contributed by atoms with Crippen molar-refractivity contribution in [1.29, 1.82) is 0 Å². The van der Waals surface area contributed by atoms with Crippen LogP contribution in [0.5, 0.6) is 0 Å². The number of rotatable bonds is 3. The van der Waals surface area contributed by atoms with Gasteiger partial charge in [0, 0.05) is 16.6 Å². The van der Waals surface area contributed by atoms with E-state index in [1.54, 1.807) is 6.07 Å². The zero-order valence-corrected chi connectivity index (χ0v) is 15.6. The van der Waals surface area contributed by atoms with Gasteiger partial charge in [-0.2, -0.15) is 0 Å². The van der Waals surface area contributed by atoms with Gasteiger partial charge in [-0.3, -0.25) is 10.1 Å². The lowest BCUT2D eigenvalue weighted by molar-refractivity contribution is -0.384. The lowest BCUT2D eigenvalue weighted by atomic mass is 9.63. The molecular weight excluding hydrogens is 344 g/mol. The molecule has 0 spiro atoms. The van der Waals surface area contributed by atoms with Crippen LogP contribution in [-0.4, -0.2) is 11.0 Å². The zero-order valence-electron chi connectivity index (χ0n) is 14.0. The Morgan fingerprint density at radius 1 is 1.23 bits per heavy atom. The summed E-state index contributed by atoms with van der Waals surface area (Å²) in [4.78, 5) is 11.0. The van der Waals surface area contributed by atoms with Gasteiger partial charge >= 0.3 is 0 Å². The van der Waals surface area contributed by atoms with Gasteiger partial charge in [0.1, 0.15) is 5.69 Å². The number of halogens is 1. The van der Waals surface area contributed by atoms with Crippen molar-refractivity contribution in [1.82, 2.24) is 0 Å². The standard InChI is InChI=1S/C17H25BrN2O2/c1-11-6-14(15(20(21)22)7-13(11)18)19-12-8-16(2,3)10-17(4,5)9-12/h6-7,12,19H,8-10H2,1-5H3. The summed E-state index contributed by atoms with van der Waals surface area (Å²) in [6.45, 7) is 11.1. The first-order valence-electron chi connectivity index (χ1n) is 7.70. The third kappa shape index (κ3) is 4.00. The fourth-order valence-electron chi connectivity index (χ4n) is 4.11. The molecule has 0 aliphatic heterocycles. The lowest BCUT2D eigenvalue weighted by Gasteiger charge is -2.45. The van der Waals surface area contributed by atoms with Gasteiger partial charge in [0.05, 0.1) is 4.92 Å². The highest BCUT2D eigenvalue weighted by atomic mass is 79.9. The zero-order chi connectivity index (χ0) is 16.7. The molecule has 5 heteroatoms. The Kier molecular flexibility index (Phi) is 4.58. The van der Waals surface area contributed by atoms with Crippen LogP contribution in [0.25, 0.3) is 0 Å². The van der Waals surface area contributed by atoms with Gasteiger partial charge in [0.25, 0.3) is 5.69 Å². The Morgan fingerprint density at radius 2 is 1.77 bits per heavy atom. The second-order valence-electron chi connectivity index (χ2n) is 8.13. The molecule has 122 valence electrons. The number of nitrogens with zero attached hydrogens (tertiary/aromatic N) is 1. The molecule has 1 aliphatic carbocycles. The summed E-state index contributed by atoms with van der Waals surface area (Å²) in [5.41, 5.74) is 2.27. The number of nitrogens with one attached hydrogen (secondary N) is 1. The smallest absolute Gasteiger partial charge is 0.293 e. The molecule has 0 aromatic heterocycles. The monoisotopic (exact) mass is 368 g/mol. The highest BCUT2D eigenvalue weighted by Crippen LogP contribution is 2.47. The summed E-state index contributed by atoms with van der Waals surface area (Å²) < 4.78 is 0.772. The molecule has 1 aromatic rings. The minimum Gasteiger partial charge on any atom is -0.377 e. The largest absolute Gasteiger partial charge is 0.377 e. The number of anilines is 1. The maximum atomic E-state index is 11.3. The van der Waals surface area contributed by atoms with Gasteiger partial charge in [0.2, 0.25) is 0 Å². The van der Waals surface area contributed by atoms with E-state index in [2.05, 4.69) is 48.9 Å². The third-order valence-corrected chi connectivity index (χ3v) is 5.24. The lowest BCUT2D eigenvalue weighted by Crippen LogP contribution is -2.40. The Hall–Kier alpha value is -1.10. The van der Waals surface area contributed by atoms with Crippen molar-refractivity contribution in [3.63, 3.8) is 0 Å². The summed E-state index contributed by atoms with van der Waals surface area (Å²) in [6.07, 6.45) is 3.24. The van der Waals surface area contributed by atoms with E-state index in [0.717, 1.165) is 22.9 Å². The molecule has 0 bridgehead atoms. The molecule has 2 rings (SSSR count). The van der Waals surface area contributed by atoms with Gasteiger partial charge in [-0.1, -0.05) is 43.6 Å². The molecule has 1 N–H and O–H groups in total. The van der Waals surface area contributed by atoms with Crippen molar-refractivity contribution < 1.29 is 4.92 Å². The quantitative estimate of drug-likeness (QED) is 0.551. The second-order valence-corrected chi connectivity index (χ2v) is 8.98. The summed E-state index contributed by atoms with van der Waals surface area (Å²) in [5.74, 6) is 0. The van der Waals surface area contributed by atoms with Crippen LogP contribution < -0.4 is 5.32 Å². The molecule has 0 heterocycles. The van der Waals surface area contributed by atoms with Crippen LogP contribution in [0.1, 0.15) is 52.5 Å². The number of hydrogen-bond donors (Lipinski definition) is 1. The van der Waals surface area contributed by atoms with Crippen LogP contribution in [-0.2, 0) is 0 Å². The van der Waals surface area contributed by atoms with Crippen LogP contribution in [0.2, 0.25) is 0 Å². The van der Waals surface area contributed by atoms with Crippen molar-refractivity contribution in [2.24, 2.45) is 10.8 Å². The molecule has 0 amide bonds. The number of hydrogen-bond acceptors (Lipinski definition) is 3. The van der Waals surface area contributed by atoms with Gasteiger partial charge in [-0.15, -0.1) is 0 Å². The maximum Gasteiger partial charge on any atom is 0.293 e. The SMILES string of the molecule is Cc1cc(NC2CC(C)(C)CC(C)(C)C2)c([N+](=O)[O-])cc1Br. The van der Waals surface area contributed by atoms with Gasteiger partial charge in [0.15, 0.2) is 0 Å². The molecule has 0 saturated heterocycles. The fourth-order valence-corrected chi connectivity index (χ4v) is 4.44. The average molecular weight is 369 g/mol. The van der Waals surface area contributed by atoms with Crippen molar-refractivity contribution in [3.8, 4) is 0 Å². The van der Waals surface area contributed by atoms with Crippen LogP contribution in [0.15, 0.2) is 16.6 Å². The Bertz CT molecular complexity index is 581. The normalized spacial score (nSPS) is 20.6. The number of nitro groups is 1. The Balaban J connectivity index is 2.30. The van der Waals surface area contributed by atoms with Gasteiger partial charge < -0.3 is 5.32 Å². The molecule has 1 saturated carbocycles. The topological polar surface area (TPSA) is 55.2 Å². The molecule has 22 heavy (non-hydrogen) atoms. The predicted molar refractivity (Wildman–Crippen MR) is 94.4 cm³/mol. The summed E-state index contributed by atoms with van der Waals surface area (Å²) >= 11 is 3.38. The Morgan fingerprint density at radius 3 is 2.27 bits per heavy atom. The first-order valence-corrected chi connectivity index (χ1v) is 8.49. The van der Waals surface area contributed by atoms with Crippen LogP contribution in [0.3, 0.4) is 0 Å². The Labute approximate surface area is 141 Å². The average Bonchev–Trinajstić information content (AvgIpc) is 2.28. The van der Waals surface area contributed by atoms with E-state index in [9.17, 15) is 10.1 Å².